The number of nitrogens with zero attached hydrogens (tertiary/aromatic N) is 4. The van der Waals surface area contributed by atoms with E-state index in [0.29, 0.717) is 0 Å². The molecule has 1 aliphatic rings. The number of hydrogen-bond acceptors (Lipinski definition) is 4. The maximum atomic E-state index is 4.35. The van der Waals surface area contributed by atoms with Crippen molar-refractivity contribution in [3.8, 4) is 0 Å². The van der Waals surface area contributed by atoms with Gasteiger partial charge < -0.3 is 0 Å². The lowest BCUT2D eigenvalue weighted by Gasteiger charge is -1.98. The molecule has 0 fully saturated rings. The number of hydrogen-bond donors (Lipinski definition) is 0. The van der Waals surface area contributed by atoms with Gasteiger partial charge in [0.05, 0.1) is 0 Å². The molecule has 1 unspecified atom stereocenters. The van der Waals surface area contributed by atoms with Gasteiger partial charge in [0.25, 0.3) is 0 Å². The lowest BCUT2D eigenvalue weighted by atomic mass is 10.6. The molecule has 0 saturated heterocycles. The average Bonchev–Trinajstić information content (AvgIpc) is 2.55. The molecule has 0 radical (unpaired) electrons. The van der Waals surface area contributed by atoms with Crippen LogP contribution in [0.25, 0.3) is 0 Å². The van der Waals surface area contributed by atoms with Crippen LogP contribution in [0.5, 0.6) is 0 Å². The maximum Gasteiger partial charge on any atom is 0.175 e. The minimum Gasteiger partial charge on any atom is -0.218 e. The Labute approximate surface area is 75.1 Å². The van der Waals surface area contributed by atoms with Crippen molar-refractivity contribution in [2.75, 3.05) is 5.75 Å². The molecule has 64 valence electrons. The lowest BCUT2D eigenvalue weighted by Crippen LogP contribution is -1.98. The molecule has 5 heteroatoms. The molecule has 0 saturated carbocycles. The smallest absolute Gasteiger partial charge is 0.175 e. The minimum atomic E-state index is 0.0752. The lowest BCUT2D eigenvalue weighted by molar-refractivity contribution is 0.527. The molecule has 12 heavy (non-hydrogen) atoms. The van der Waals surface area contributed by atoms with Gasteiger partial charge in [-0.1, -0.05) is 6.92 Å². The Kier molecular flexibility index (Phi) is 1.88. The van der Waals surface area contributed by atoms with Gasteiger partial charge in [0.1, 0.15) is 5.03 Å². The van der Waals surface area contributed by atoms with Crippen molar-refractivity contribution < 1.29 is 0 Å². The monoisotopic (exact) mass is 182 g/mol. The van der Waals surface area contributed by atoms with E-state index >= 15 is 0 Å². The summed E-state index contributed by atoms with van der Waals surface area (Å²) < 4.78 is 1.85. The van der Waals surface area contributed by atoms with E-state index < -0.39 is 0 Å². The van der Waals surface area contributed by atoms with Crippen molar-refractivity contribution >= 4 is 17.6 Å². The second-order valence-electron chi connectivity index (χ2n) is 2.57. The molecule has 0 amide bonds. The van der Waals surface area contributed by atoms with Gasteiger partial charge in [0.2, 0.25) is 0 Å². The molecule has 4 nitrogen and oxygen atoms in total. The first kappa shape index (κ1) is 7.79. The van der Waals surface area contributed by atoms with Crippen molar-refractivity contribution in [1.82, 2.24) is 9.78 Å². The highest BCUT2D eigenvalue weighted by Gasteiger charge is 2.17. The zero-order chi connectivity index (χ0) is 8.55. The van der Waals surface area contributed by atoms with E-state index in [9.17, 15) is 0 Å². The molecule has 1 aromatic rings. The van der Waals surface area contributed by atoms with Crippen LogP contribution >= 0.6 is 11.8 Å². The van der Waals surface area contributed by atoms with Gasteiger partial charge in [0, 0.05) is 6.07 Å². The second-order valence-corrected chi connectivity index (χ2v) is 3.85. The van der Waals surface area contributed by atoms with Crippen LogP contribution < -0.4 is 0 Å². The van der Waals surface area contributed by atoms with Crippen LogP contribution in [0.1, 0.15) is 20.0 Å². The first-order valence-electron chi connectivity index (χ1n) is 3.94. The highest BCUT2D eigenvalue weighted by atomic mass is 32.2. The standard InChI is InChI=1S/C7H10N4S/c1-3-12-7-4-6-9-8-5(2)11(6)10-7/h4-5H,3H2,1-2H3. The summed E-state index contributed by atoms with van der Waals surface area (Å²) in [7, 11) is 0. The summed E-state index contributed by atoms with van der Waals surface area (Å²) in [6.07, 6.45) is 0.0752. The van der Waals surface area contributed by atoms with E-state index in [2.05, 4.69) is 22.3 Å². The van der Waals surface area contributed by atoms with Crippen LogP contribution in [0.3, 0.4) is 0 Å². The maximum absolute atomic E-state index is 4.35. The first-order valence-corrected chi connectivity index (χ1v) is 4.93. The normalized spacial score (nSPS) is 20.0. The SMILES string of the molecule is CCSc1cc2n(n1)C(C)N=N2. The molecule has 0 spiro atoms. The van der Waals surface area contributed by atoms with E-state index in [1.165, 1.54) is 0 Å². The molecule has 1 aliphatic heterocycles. The Morgan fingerprint density at radius 3 is 3.17 bits per heavy atom. The molecule has 0 bridgehead atoms. The largest absolute Gasteiger partial charge is 0.218 e. The number of fused-ring (bicyclic) bond motifs is 1. The number of thioether (sulfide) groups is 1. The zero-order valence-corrected chi connectivity index (χ0v) is 7.88. The molecule has 0 aliphatic carbocycles. The third-order valence-corrected chi connectivity index (χ3v) is 2.45. The Morgan fingerprint density at radius 2 is 2.50 bits per heavy atom. The number of azo groups is 1. The fourth-order valence-corrected chi connectivity index (χ4v) is 1.75. The minimum absolute atomic E-state index is 0.0752. The van der Waals surface area contributed by atoms with Crippen molar-refractivity contribution in [3.05, 3.63) is 6.07 Å². The fraction of sp³-hybridized carbons (Fsp3) is 0.571. The highest BCUT2D eigenvalue weighted by Crippen LogP contribution is 2.31. The molecule has 1 aromatic heterocycles. The van der Waals surface area contributed by atoms with Crippen LogP contribution in [-0.2, 0) is 0 Å². The van der Waals surface area contributed by atoms with Gasteiger partial charge >= 0.3 is 0 Å². The van der Waals surface area contributed by atoms with Gasteiger partial charge in [-0.15, -0.1) is 16.9 Å². The third-order valence-electron chi connectivity index (χ3n) is 1.67. The van der Waals surface area contributed by atoms with Gasteiger partial charge in [-0.2, -0.15) is 10.2 Å². The fourth-order valence-electron chi connectivity index (χ4n) is 1.12. The highest BCUT2D eigenvalue weighted by molar-refractivity contribution is 7.99. The van der Waals surface area contributed by atoms with Crippen LogP contribution in [0.15, 0.2) is 21.3 Å². The summed E-state index contributed by atoms with van der Waals surface area (Å²) in [5, 5.41) is 13.4. The molecule has 0 aromatic carbocycles. The summed E-state index contributed by atoms with van der Waals surface area (Å²) in [5.41, 5.74) is 0. The zero-order valence-electron chi connectivity index (χ0n) is 7.06. The summed E-state index contributed by atoms with van der Waals surface area (Å²) >= 11 is 1.73. The van der Waals surface area contributed by atoms with Crippen LogP contribution in [0.4, 0.5) is 5.82 Å². The van der Waals surface area contributed by atoms with Crippen LogP contribution in [0, 0.1) is 0 Å². The van der Waals surface area contributed by atoms with Gasteiger partial charge in [-0.3, -0.25) is 0 Å². The van der Waals surface area contributed by atoms with Gasteiger partial charge in [-0.25, -0.2) is 4.68 Å². The Morgan fingerprint density at radius 1 is 1.67 bits per heavy atom. The van der Waals surface area contributed by atoms with Crippen molar-refractivity contribution in [2.24, 2.45) is 10.2 Å². The van der Waals surface area contributed by atoms with E-state index in [0.717, 1.165) is 16.6 Å². The Balaban J connectivity index is 2.30. The van der Waals surface area contributed by atoms with E-state index in [-0.39, 0.29) is 6.17 Å². The quantitative estimate of drug-likeness (QED) is 0.660. The summed E-state index contributed by atoms with van der Waals surface area (Å²) in [6, 6.07) is 1.97. The van der Waals surface area contributed by atoms with E-state index in [1.807, 2.05) is 17.7 Å². The summed E-state index contributed by atoms with van der Waals surface area (Å²) in [6.45, 7) is 4.09. The molecular formula is C7H10N4S. The summed E-state index contributed by atoms with van der Waals surface area (Å²) in [5.74, 6) is 1.92. The number of aromatic nitrogens is 2. The summed E-state index contributed by atoms with van der Waals surface area (Å²) in [4.78, 5) is 0. The Bertz CT molecular complexity index is 317. The van der Waals surface area contributed by atoms with Crippen LogP contribution in [-0.4, -0.2) is 15.5 Å². The van der Waals surface area contributed by atoms with Crippen molar-refractivity contribution in [1.29, 1.82) is 0 Å². The molecule has 2 heterocycles. The van der Waals surface area contributed by atoms with Crippen LogP contribution in [0.2, 0.25) is 0 Å². The van der Waals surface area contributed by atoms with E-state index in [4.69, 9.17) is 0 Å². The second kappa shape index (κ2) is 2.90. The van der Waals surface area contributed by atoms with E-state index in [1.54, 1.807) is 11.8 Å². The Hall–Kier alpha value is -0.840. The predicted octanol–water partition coefficient (Wildman–Crippen LogP) is 2.61. The first-order chi connectivity index (χ1) is 5.81. The van der Waals surface area contributed by atoms with Crippen molar-refractivity contribution in [3.63, 3.8) is 0 Å². The molecular weight excluding hydrogens is 172 g/mol. The topological polar surface area (TPSA) is 42.5 Å². The number of rotatable bonds is 2. The van der Waals surface area contributed by atoms with Gasteiger partial charge in [0.15, 0.2) is 12.0 Å². The third kappa shape index (κ3) is 1.14. The molecule has 1 atom stereocenters. The van der Waals surface area contributed by atoms with Gasteiger partial charge in [-0.05, 0) is 12.7 Å². The van der Waals surface area contributed by atoms with Crippen molar-refractivity contribution in [2.45, 2.75) is 25.0 Å². The average molecular weight is 182 g/mol. The molecule has 2 rings (SSSR count). The molecule has 0 N–H and O–H groups in total. The predicted molar refractivity (Wildman–Crippen MR) is 47.9 cm³/mol.